The minimum absolute atomic E-state index is 0.188. The van der Waals surface area contributed by atoms with Gasteiger partial charge in [0.2, 0.25) is 0 Å². The van der Waals surface area contributed by atoms with Crippen molar-refractivity contribution in [3.63, 3.8) is 0 Å². The van der Waals surface area contributed by atoms with E-state index in [4.69, 9.17) is 0 Å². The summed E-state index contributed by atoms with van der Waals surface area (Å²) in [7, 11) is 0. The van der Waals surface area contributed by atoms with Crippen molar-refractivity contribution in [1.29, 1.82) is 0 Å². The average molecular weight is 282 g/mol. The Bertz CT molecular complexity index is 563. The maximum Gasteiger partial charge on any atom is 0.0754 e. The lowest BCUT2D eigenvalue weighted by atomic mass is 9.96. The molecule has 21 heavy (non-hydrogen) atoms. The van der Waals surface area contributed by atoms with Gasteiger partial charge in [0.1, 0.15) is 0 Å². The monoisotopic (exact) mass is 282 g/mol. The number of benzene rings is 1. The lowest BCUT2D eigenvalue weighted by Crippen LogP contribution is -2.25. The van der Waals surface area contributed by atoms with Crippen molar-refractivity contribution in [2.24, 2.45) is 0 Å². The molecule has 0 saturated heterocycles. The summed E-state index contributed by atoms with van der Waals surface area (Å²) in [5.41, 5.74) is 5.19. The van der Waals surface area contributed by atoms with Crippen molar-refractivity contribution in [1.82, 2.24) is 10.3 Å². The third-order valence-electron chi connectivity index (χ3n) is 3.87. The molecule has 0 bridgehead atoms. The predicted octanol–water partition coefficient (Wildman–Crippen LogP) is 4.30. The van der Waals surface area contributed by atoms with Crippen LogP contribution < -0.4 is 5.32 Å². The molecule has 112 valence electrons. The minimum atomic E-state index is 0.188. The molecule has 0 radical (unpaired) electrons. The second-order valence-corrected chi connectivity index (χ2v) is 5.39. The first kappa shape index (κ1) is 15.7. The molecule has 0 aliphatic carbocycles. The molecule has 1 heterocycles. The van der Waals surface area contributed by atoms with Gasteiger partial charge in [-0.05, 0) is 48.6 Å². The standard InChI is InChI=1S/C19H26N2/c1-4-12-20-19(17-10-7-9-15(5-2)14-17)18-16(6-3)11-8-13-21-18/h7-11,13-14,19-20H,4-6,12H2,1-3H3. The highest BCUT2D eigenvalue weighted by Gasteiger charge is 2.17. The zero-order valence-electron chi connectivity index (χ0n) is 13.4. The van der Waals surface area contributed by atoms with Crippen LogP contribution in [0.3, 0.4) is 0 Å². The fraction of sp³-hybridized carbons (Fsp3) is 0.421. The van der Waals surface area contributed by atoms with Crippen molar-refractivity contribution in [2.45, 2.75) is 46.1 Å². The molecule has 2 heteroatoms. The molecule has 0 amide bonds. The van der Waals surface area contributed by atoms with Crippen LogP contribution in [-0.2, 0) is 12.8 Å². The van der Waals surface area contributed by atoms with E-state index in [1.807, 2.05) is 12.3 Å². The number of nitrogens with one attached hydrogen (secondary N) is 1. The highest BCUT2D eigenvalue weighted by atomic mass is 14.9. The summed E-state index contributed by atoms with van der Waals surface area (Å²) in [6.07, 6.45) is 5.11. The van der Waals surface area contributed by atoms with Crippen molar-refractivity contribution in [2.75, 3.05) is 6.54 Å². The highest BCUT2D eigenvalue weighted by Crippen LogP contribution is 2.24. The van der Waals surface area contributed by atoms with Crippen LogP contribution in [0.5, 0.6) is 0 Å². The Hall–Kier alpha value is -1.67. The molecule has 2 aromatic rings. The smallest absolute Gasteiger partial charge is 0.0754 e. The van der Waals surface area contributed by atoms with Gasteiger partial charge in [-0.2, -0.15) is 0 Å². The normalized spacial score (nSPS) is 12.3. The Morgan fingerprint density at radius 2 is 1.90 bits per heavy atom. The first-order valence-corrected chi connectivity index (χ1v) is 8.06. The molecule has 1 aromatic heterocycles. The van der Waals surface area contributed by atoms with Crippen LogP contribution in [-0.4, -0.2) is 11.5 Å². The molecule has 0 aliphatic heterocycles. The van der Waals surface area contributed by atoms with Crippen LogP contribution in [0.4, 0.5) is 0 Å². The summed E-state index contributed by atoms with van der Waals surface area (Å²) in [6.45, 7) is 7.60. The molecule has 1 unspecified atom stereocenters. The van der Waals surface area contributed by atoms with Crippen LogP contribution >= 0.6 is 0 Å². The van der Waals surface area contributed by atoms with E-state index in [0.717, 1.165) is 25.8 Å². The van der Waals surface area contributed by atoms with Gasteiger partial charge in [-0.1, -0.05) is 51.1 Å². The quantitative estimate of drug-likeness (QED) is 0.819. The Labute approximate surface area is 128 Å². The van der Waals surface area contributed by atoms with E-state index in [9.17, 15) is 0 Å². The Balaban J connectivity index is 2.41. The maximum absolute atomic E-state index is 4.67. The van der Waals surface area contributed by atoms with E-state index in [-0.39, 0.29) is 6.04 Å². The lowest BCUT2D eigenvalue weighted by Gasteiger charge is -2.21. The second-order valence-electron chi connectivity index (χ2n) is 5.39. The SMILES string of the molecule is CCCNC(c1cccc(CC)c1)c1ncccc1CC. The fourth-order valence-electron chi connectivity index (χ4n) is 2.66. The van der Waals surface area contributed by atoms with Gasteiger partial charge in [0.05, 0.1) is 11.7 Å². The summed E-state index contributed by atoms with van der Waals surface area (Å²) < 4.78 is 0. The van der Waals surface area contributed by atoms with E-state index < -0.39 is 0 Å². The third kappa shape index (κ3) is 3.92. The second kappa shape index (κ2) is 7.94. The molecular weight excluding hydrogens is 256 g/mol. The summed E-state index contributed by atoms with van der Waals surface area (Å²) in [5, 5.41) is 3.67. The molecular formula is C19H26N2. The van der Waals surface area contributed by atoms with E-state index in [2.05, 4.69) is 61.4 Å². The summed E-state index contributed by atoms with van der Waals surface area (Å²) in [5.74, 6) is 0. The number of nitrogens with zero attached hydrogens (tertiary/aromatic N) is 1. The van der Waals surface area contributed by atoms with Gasteiger partial charge in [0.15, 0.2) is 0 Å². The number of aromatic nitrogens is 1. The highest BCUT2D eigenvalue weighted by molar-refractivity contribution is 5.35. The predicted molar refractivity (Wildman–Crippen MR) is 89.6 cm³/mol. The van der Waals surface area contributed by atoms with Crippen molar-refractivity contribution in [3.8, 4) is 0 Å². The molecule has 1 atom stereocenters. The maximum atomic E-state index is 4.67. The van der Waals surface area contributed by atoms with E-state index in [0.29, 0.717) is 0 Å². The van der Waals surface area contributed by atoms with Crippen molar-refractivity contribution in [3.05, 3.63) is 65.0 Å². The number of hydrogen-bond acceptors (Lipinski definition) is 2. The molecule has 2 rings (SSSR count). The van der Waals surface area contributed by atoms with Gasteiger partial charge < -0.3 is 5.32 Å². The first-order valence-electron chi connectivity index (χ1n) is 8.06. The number of pyridine rings is 1. The van der Waals surface area contributed by atoms with Crippen LogP contribution in [0.2, 0.25) is 0 Å². The van der Waals surface area contributed by atoms with Crippen LogP contribution in [0.1, 0.15) is 55.6 Å². The van der Waals surface area contributed by atoms with Crippen LogP contribution in [0.25, 0.3) is 0 Å². The molecule has 0 spiro atoms. The first-order chi connectivity index (χ1) is 10.3. The molecule has 0 aliphatic rings. The topological polar surface area (TPSA) is 24.9 Å². The molecule has 0 saturated carbocycles. The fourth-order valence-corrected chi connectivity index (χ4v) is 2.66. The van der Waals surface area contributed by atoms with Gasteiger partial charge in [-0.3, -0.25) is 4.98 Å². The summed E-state index contributed by atoms with van der Waals surface area (Å²) in [6, 6.07) is 13.3. The molecule has 2 nitrogen and oxygen atoms in total. The number of rotatable bonds is 7. The lowest BCUT2D eigenvalue weighted by molar-refractivity contribution is 0.581. The van der Waals surface area contributed by atoms with Gasteiger partial charge in [0, 0.05) is 6.20 Å². The zero-order chi connectivity index (χ0) is 15.1. The van der Waals surface area contributed by atoms with Crippen molar-refractivity contribution >= 4 is 0 Å². The van der Waals surface area contributed by atoms with Gasteiger partial charge in [-0.15, -0.1) is 0 Å². The minimum Gasteiger partial charge on any atom is -0.305 e. The molecule has 0 fully saturated rings. The summed E-state index contributed by atoms with van der Waals surface area (Å²) >= 11 is 0. The van der Waals surface area contributed by atoms with E-state index in [1.54, 1.807) is 0 Å². The zero-order valence-corrected chi connectivity index (χ0v) is 13.4. The Morgan fingerprint density at radius 3 is 2.62 bits per heavy atom. The molecule has 1 aromatic carbocycles. The van der Waals surface area contributed by atoms with Gasteiger partial charge in [0.25, 0.3) is 0 Å². The summed E-state index contributed by atoms with van der Waals surface area (Å²) in [4.78, 5) is 4.67. The largest absolute Gasteiger partial charge is 0.305 e. The van der Waals surface area contributed by atoms with Gasteiger partial charge in [-0.25, -0.2) is 0 Å². The van der Waals surface area contributed by atoms with E-state index >= 15 is 0 Å². The Morgan fingerprint density at radius 1 is 1.05 bits per heavy atom. The average Bonchev–Trinajstić information content (AvgIpc) is 2.56. The van der Waals surface area contributed by atoms with Gasteiger partial charge >= 0.3 is 0 Å². The molecule has 1 N–H and O–H groups in total. The van der Waals surface area contributed by atoms with Crippen molar-refractivity contribution < 1.29 is 0 Å². The Kier molecular flexibility index (Phi) is 5.94. The number of aryl methyl sites for hydroxylation is 2. The van der Waals surface area contributed by atoms with Crippen LogP contribution in [0, 0.1) is 0 Å². The third-order valence-corrected chi connectivity index (χ3v) is 3.87. The van der Waals surface area contributed by atoms with E-state index in [1.165, 1.54) is 22.4 Å². The number of hydrogen-bond donors (Lipinski definition) is 1. The van der Waals surface area contributed by atoms with Crippen LogP contribution in [0.15, 0.2) is 42.6 Å².